The van der Waals surface area contributed by atoms with Gasteiger partial charge in [-0.15, -0.1) is 0 Å². The van der Waals surface area contributed by atoms with E-state index in [-0.39, 0.29) is 0 Å². The molecule has 2 atom stereocenters. The highest BCUT2D eigenvalue weighted by atomic mass is 16.3. The summed E-state index contributed by atoms with van der Waals surface area (Å²) in [6.45, 7) is 1.18. The van der Waals surface area contributed by atoms with Gasteiger partial charge >= 0.3 is 0 Å². The van der Waals surface area contributed by atoms with E-state index in [4.69, 9.17) is 5.73 Å². The fraction of sp³-hybridized carbons (Fsp3) is 0.615. The van der Waals surface area contributed by atoms with Crippen LogP contribution in [-0.4, -0.2) is 23.2 Å². The molecular formula is C13H21N3O. The fourth-order valence-electron chi connectivity index (χ4n) is 2.57. The molecule has 2 rings (SSSR count). The van der Waals surface area contributed by atoms with Crippen LogP contribution in [0.25, 0.3) is 0 Å². The number of aromatic nitrogens is 1. The van der Waals surface area contributed by atoms with Gasteiger partial charge in [-0.05, 0) is 30.7 Å². The Kier molecular flexibility index (Phi) is 4.20. The van der Waals surface area contributed by atoms with E-state index in [1.54, 1.807) is 12.3 Å². The Morgan fingerprint density at radius 3 is 2.82 bits per heavy atom. The smallest absolute Gasteiger partial charge is 0.127 e. The lowest BCUT2D eigenvalue weighted by atomic mass is 9.79. The molecule has 0 aromatic carbocycles. The SMILES string of the molecule is Nc1ccnc(NCC2CCCCC2CO)c1. The molecule has 1 aliphatic carbocycles. The average Bonchev–Trinajstić information content (AvgIpc) is 2.37. The van der Waals surface area contributed by atoms with Gasteiger partial charge in [0.25, 0.3) is 0 Å². The minimum absolute atomic E-state index is 0.302. The number of anilines is 2. The maximum atomic E-state index is 9.34. The number of nitrogens with two attached hydrogens (primary N) is 1. The highest BCUT2D eigenvalue weighted by Gasteiger charge is 2.24. The number of hydrogen-bond acceptors (Lipinski definition) is 4. The molecule has 4 nitrogen and oxygen atoms in total. The van der Waals surface area contributed by atoms with Crippen LogP contribution in [0.15, 0.2) is 18.3 Å². The number of aliphatic hydroxyl groups excluding tert-OH is 1. The molecule has 1 aliphatic rings. The average molecular weight is 235 g/mol. The van der Waals surface area contributed by atoms with Gasteiger partial charge in [-0.3, -0.25) is 0 Å². The first-order valence-electron chi connectivity index (χ1n) is 6.36. The van der Waals surface area contributed by atoms with Gasteiger partial charge in [-0.25, -0.2) is 4.98 Å². The van der Waals surface area contributed by atoms with Crippen LogP contribution in [0, 0.1) is 11.8 Å². The fourth-order valence-corrected chi connectivity index (χ4v) is 2.57. The summed E-state index contributed by atoms with van der Waals surface area (Å²) in [6.07, 6.45) is 6.57. The van der Waals surface area contributed by atoms with Crippen LogP contribution in [-0.2, 0) is 0 Å². The topological polar surface area (TPSA) is 71.2 Å². The minimum atomic E-state index is 0.302. The van der Waals surface area contributed by atoms with E-state index in [0.29, 0.717) is 18.4 Å². The van der Waals surface area contributed by atoms with Crippen molar-refractivity contribution in [1.82, 2.24) is 4.98 Å². The normalized spacial score (nSPS) is 24.5. The van der Waals surface area contributed by atoms with Crippen molar-refractivity contribution in [2.45, 2.75) is 25.7 Å². The van der Waals surface area contributed by atoms with Crippen molar-refractivity contribution in [3.63, 3.8) is 0 Å². The molecule has 0 bridgehead atoms. The summed E-state index contributed by atoms with van der Waals surface area (Å²) in [5.41, 5.74) is 6.43. The molecule has 0 spiro atoms. The number of nitrogens with zero attached hydrogens (tertiary/aromatic N) is 1. The van der Waals surface area contributed by atoms with Crippen molar-refractivity contribution in [1.29, 1.82) is 0 Å². The molecule has 0 aliphatic heterocycles. The van der Waals surface area contributed by atoms with Crippen molar-refractivity contribution >= 4 is 11.5 Å². The summed E-state index contributed by atoms with van der Waals surface area (Å²) in [5.74, 6) is 1.82. The Bertz CT molecular complexity index is 356. The second-order valence-electron chi connectivity index (χ2n) is 4.84. The third-order valence-corrected chi connectivity index (χ3v) is 3.63. The zero-order valence-corrected chi connectivity index (χ0v) is 10.1. The van der Waals surface area contributed by atoms with Crippen LogP contribution in [0.2, 0.25) is 0 Å². The largest absolute Gasteiger partial charge is 0.399 e. The molecule has 17 heavy (non-hydrogen) atoms. The molecule has 0 amide bonds. The summed E-state index contributed by atoms with van der Waals surface area (Å²) in [4.78, 5) is 4.22. The van der Waals surface area contributed by atoms with Crippen molar-refractivity contribution in [2.24, 2.45) is 11.8 Å². The van der Waals surface area contributed by atoms with Crippen molar-refractivity contribution in [3.8, 4) is 0 Å². The van der Waals surface area contributed by atoms with Gasteiger partial charge in [0.1, 0.15) is 5.82 Å². The molecule has 4 N–H and O–H groups in total. The Labute approximate surface area is 102 Å². The number of rotatable bonds is 4. The lowest BCUT2D eigenvalue weighted by Gasteiger charge is -2.30. The van der Waals surface area contributed by atoms with Crippen LogP contribution in [0.1, 0.15) is 25.7 Å². The third-order valence-electron chi connectivity index (χ3n) is 3.63. The van der Waals surface area contributed by atoms with Crippen LogP contribution in [0.4, 0.5) is 11.5 Å². The highest BCUT2D eigenvalue weighted by Crippen LogP contribution is 2.29. The number of hydrogen-bond donors (Lipinski definition) is 3. The zero-order valence-electron chi connectivity index (χ0n) is 10.1. The van der Waals surface area contributed by atoms with Crippen molar-refractivity contribution in [2.75, 3.05) is 24.2 Å². The molecule has 0 saturated heterocycles. The van der Waals surface area contributed by atoms with E-state index in [9.17, 15) is 5.11 Å². The Balaban J connectivity index is 1.88. The van der Waals surface area contributed by atoms with Crippen LogP contribution in [0.3, 0.4) is 0 Å². The quantitative estimate of drug-likeness (QED) is 0.745. The highest BCUT2D eigenvalue weighted by molar-refractivity contribution is 5.48. The predicted molar refractivity (Wildman–Crippen MR) is 69.7 cm³/mol. The van der Waals surface area contributed by atoms with Crippen molar-refractivity contribution in [3.05, 3.63) is 18.3 Å². The second kappa shape index (κ2) is 5.87. The summed E-state index contributed by atoms with van der Waals surface area (Å²) in [5, 5.41) is 12.7. The van der Waals surface area contributed by atoms with Crippen LogP contribution in [0.5, 0.6) is 0 Å². The van der Waals surface area contributed by atoms with E-state index < -0.39 is 0 Å². The Morgan fingerprint density at radius 1 is 1.35 bits per heavy atom. The zero-order chi connectivity index (χ0) is 12.1. The number of nitrogen functional groups attached to an aromatic ring is 1. The van der Waals surface area contributed by atoms with Crippen LogP contribution >= 0.6 is 0 Å². The van der Waals surface area contributed by atoms with Gasteiger partial charge in [0.2, 0.25) is 0 Å². The van der Waals surface area contributed by atoms with Crippen molar-refractivity contribution < 1.29 is 5.11 Å². The number of nitrogens with one attached hydrogen (secondary N) is 1. The van der Waals surface area contributed by atoms with E-state index in [0.717, 1.165) is 24.5 Å². The monoisotopic (exact) mass is 235 g/mol. The van der Waals surface area contributed by atoms with Gasteiger partial charge in [-0.2, -0.15) is 0 Å². The lowest BCUT2D eigenvalue weighted by molar-refractivity contribution is 0.141. The molecule has 1 heterocycles. The Morgan fingerprint density at radius 2 is 2.12 bits per heavy atom. The molecule has 0 radical (unpaired) electrons. The predicted octanol–water partition coefficient (Wildman–Crippen LogP) is 1.87. The standard InChI is InChI=1S/C13H21N3O/c14-12-5-6-15-13(7-12)16-8-10-3-1-2-4-11(10)9-17/h5-7,10-11,17H,1-4,8-9H2,(H3,14,15,16). The maximum absolute atomic E-state index is 9.34. The first-order valence-corrected chi connectivity index (χ1v) is 6.36. The van der Waals surface area contributed by atoms with E-state index in [1.165, 1.54) is 19.3 Å². The van der Waals surface area contributed by atoms with Gasteiger partial charge < -0.3 is 16.2 Å². The number of aliphatic hydroxyl groups is 1. The molecule has 1 saturated carbocycles. The molecule has 2 unspecified atom stereocenters. The summed E-state index contributed by atoms with van der Waals surface area (Å²) >= 11 is 0. The number of pyridine rings is 1. The van der Waals surface area contributed by atoms with E-state index in [2.05, 4.69) is 10.3 Å². The maximum Gasteiger partial charge on any atom is 0.127 e. The third kappa shape index (κ3) is 3.33. The van der Waals surface area contributed by atoms with E-state index in [1.807, 2.05) is 6.07 Å². The van der Waals surface area contributed by atoms with Gasteiger partial charge in [0.05, 0.1) is 0 Å². The lowest BCUT2D eigenvalue weighted by Crippen LogP contribution is -2.28. The van der Waals surface area contributed by atoms with Gasteiger partial charge in [0.15, 0.2) is 0 Å². The first-order chi connectivity index (χ1) is 8.29. The summed E-state index contributed by atoms with van der Waals surface area (Å²) < 4.78 is 0. The van der Waals surface area contributed by atoms with Gasteiger partial charge in [0, 0.05) is 31.1 Å². The Hall–Kier alpha value is -1.29. The second-order valence-corrected chi connectivity index (χ2v) is 4.84. The van der Waals surface area contributed by atoms with E-state index >= 15 is 0 Å². The summed E-state index contributed by atoms with van der Waals surface area (Å²) in [7, 11) is 0. The molecule has 1 aromatic heterocycles. The summed E-state index contributed by atoms with van der Waals surface area (Å²) in [6, 6.07) is 3.62. The molecule has 94 valence electrons. The molecule has 1 aromatic rings. The van der Waals surface area contributed by atoms with Gasteiger partial charge in [-0.1, -0.05) is 12.8 Å². The minimum Gasteiger partial charge on any atom is -0.399 e. The molecule has 4 heteroatoms. The molecule has 1 fully saturated rings. The van der Waals surface area contributed by atoms with Crippen LogP contribution < -0.4 is 11.1 Å². The first kappa shape index (κ1) is 12.2. The molecular weight excluding hydrogens is 214 g/mol.